The zero-order chi connectivity index (χ0) is 19.8. The number of aryl methyl sites for hydroxylation is 1. The van der Waals surface area contributed by atoms with Gasteiger partial charge in [0, 0.05) is 17.5 Å². The lowest BCUT2D eigenvalue weighted by Crippen LogP contribution is -3.14. The van der Waals surface area contributed by atoms with E-state index >= 15 is 0 Å². The number of benzene rings is 1. The molecule has 7 heteroatoms. The summed E-state index contributed by atoms with van der Waals surface area (Å²) in [4.78, 5) is 25.3. The molecule has 1 aliphatic heterocycles. The molecule has 2 heterocycles. The van der Waals surface area contributed by atoms with E-state index in [4.69, 9.17) is 13.9 Å². The van der Waals surface area contributed by atoms with Gasteiger partial charge in [-0.1, -0.05) is 13.3 Å². The number of quaternary nitrogens is 1. The summed E-state index contributed by atoms with van der Waals surface area (Å²) in [6.07, 6.45) is 2.92. The van der Waals surface area contributed by atoms with Crippen molar-refractivity contribution in [2.24, 2.45) is 0 Å². The molecular formula is C21H29N2O5+. The summed E-state index contributed by atoms with van der Waals surface area (Å²) < 4.78 is 16.2. The van der Waals surface area contributed by atoms with E-state index in [9.17, 15) is 9.59 Å². The van der Waals surface area contributed by atoms with Gasteiger partial charge in [0.1, 0.15) is 24.4 Å². The maximum atomic E-state index is 12.0. The minimum Gasteiger partial charge on any atom is -0.484 e. The van der Waals surface area contributed by atoms with Crippen LogP contribution in [0.15, 0.2) is 33.5 Å². The first kappa shape index (κ1) is 20.4. The second kappa shape index (κ2) is 10.2. The van der Waals surface area contributed by atoms with E-state index in [1.165, 1.54) is 4.90 Å². The zero-order valence-electron chi connectivity index (χ0n) is 16.4. The highest BCUT2D eigenvalue weighted by molar-refractivity contribution is 5.82. The first-order valence-corrected chi connectivity index (χ1v) is 10.0. The fourth-order valence-electron chi connectivity index (χ4n) is 3.36. The second-order valence-electron chi connectivity index (χ2n) is 7.10. The number of fused-ring (bicyclic) bond motifs is 1. The van der Waals surface area contributed by atoms with Crippen molar-refractivity contribution in [3.05, 3.63) is 40.2 Å². The quantitative estimate of drug-likeness (QED) is 0.612. The average Bonchev–Trinajstić information content (AvgIpc) is 2.71. The number of nitrogens with one attached hydrogen (secondary N) is 2. The largest absolute Gasteiger partial charge is 0.484 e. The summed E-state index contributed by atoms with van der Waals surface area (Å²) in [5, 5.41) is 3.79. The van der Waals surface area contributed by atoms with Crippen molar-refractivity contribution in [3.8, 4) is 5.75 Å². The lowest BCUT2D eigenvalue weighted by Gasteiger charge is -2.23. The third-order valence-electron chi connectivity index (χ3n) is 4.97. The van der Waals surface area contributed by atoms with Crippen LogP contribution in [0.4, 0.5) is 0 Å². The second-order valence-corrected chi connectivity index (χ2v) is 7.10. The van der Waals surface area contributed by atoms with E-state index in [1.54, 1.807) is 12.1 Å². The number of carbonyl (C=O) groups is 1. The molecule has 1 saturated heterocycles. The van der Waals surface area contributed by atoms with Crippen LogP contribution in [0.1, 0.15) is 25.3 Å². The molecule has 28 heavy (non-hydrogen) atoms. The Hall–Kier alpha value is -2.38. The van der Waals surface area contributed by atoms with E-state index in [2.05, 4.69) is 12.2 Å². The predicted molar refractivity (Wildman–Crippen MR) is 106 cm³/mol. The van der Waals surface area contributed by atoms with Gasteiger partial charge in [0.05, 0.1) is 26.3 Å². The number of carbonyl (C=O) groups excluding carboxylic acids is 1. The van der Waals surface area contributed by atoms with Crippen molar-refractivity contribution >= 4 is 16.9 Å². The van der Waals surface area contributed by atoms with E-state index in [1.807, 2.05) is 12.1 Å². The van der Waals surface area contributed by atoms with Gasteiger partial charge in [-0.25, -0.2) is 4.79 Å². The van der Waals surface area contributed by atoms with E-state index in [0.29, 0.717) is 17.9 Å². The average molecular weight is 389 g/mol. The summed E-state index contributed by atoms with van der Waals surface area (Å²) in [5.41, 5.74) is 1.12. The molecule has 0 saturated carbocycles. The lowest BCUT2D eigenvalue weighted by molar-refractivity contribution is -0.906. The maximum Gasteiger partial charge on any atom is 0.336 e. The van der Waals surface area contributed by atoms with Gasteiger partial charge >= 0.3 is 5.63 Å². The van der Waals surface area contributed by atoms with Gasteiger partial charge in [-0.15, -0.1) is 0 Å². The van der Waals surface area contributed by atoms with E-state index in [0.717, 1.165) is 63.1 Å². The van der Waals surface area contributed by atoms with Gasteiger partial charge in [0.15, 0.2) is 6.61 Å². The fraction of sp³-hybridized carbons (Fsp3) is 0.524. The van der Waals surface area contributed by atoms with Crippen LogP contribution in [0.25, 0.3) is 11.0 Å². The summed E-state index contributed by atoms with van der Waals surface area (Å²) in [5.74, 6) is 0.350. The molecule has 0 atom stereocenters. The molecule has 0 unspecified atom stereocenters. The molecule has 3 rings (SSSR count). The fourth-order valence-corrected chi connectivity index (χ4v) is 3.36. The Morgan fingerprint density at radius 3 is 2.86 bits per heavy atom. The van der Waals surface area contributed by atoms with Gasteiger partial charge < -0.3 is 24.1 Å². The van der Waals surface area contributed by atoms with Crippen molar-refractivity contribution in [2.45, 2.75) is 26.2 Å². The van der Waals surface area contributed by atoms with Crippen LogP contribution < -0.4 is 20.6 Å². The standard InChI is InChI=1S/C21H28N2O5/c1-2-3-4-16-13-21(25)28-19-14-17(5-6-18(16)19)27-15-20(24)22-7-8-23-9-11-26-12-10-23/h5-6,13-14H,2-4,7-12,15H2,1H3,(H,22,24)/p+1. The molecular weight excluding hydrogens is 360 g/mol. The summed E-state index contributed by atoms with van der Waals surface area (Å²) in [6, 6.07) is 6.93. The van der Waals surface area contributed by atoms with Crippen LogP contribution in [-0.2, 0) is 16.0 Å². The maximum absolute atomic E-state index is 12.0. The van der Waals surface area contributed by atoms with Crippen LogP contribution >= 0.6 is 0 Å². The van der Waals surface area contributed by atoms with Crippen LogP contribution in [-0.4, -0.2) is 51.9 Å². The lowest BCUT2D eigenvalue weighted by atomic mass is 10.0. The van der Waals surface area contributed by atoms with E-state index < -0.39 is 0 Å². The highest BCUT2D eigenvalue weighted by Gasteiger charge is 2.14. The molecule has 2 aromatic rings. The minimum absolute atomic E-state index is 0.0658. The molecule has 152 valence electrons. The predicted octanol–water partition coefficient (Wildman–Crippen LogP) is 0.546. The molecule has 1 amide bonds. The summed E-state index contributed by atoms with van der Waals surface area (Å²) >= 11 is 0. The third kappa shape index (κ3) is 5.81. The number of rotatable bonds is 9. The van der Waals surface area contributed by atoms with Crippen molar-refractivity contribution in [2.75, 3.05) is 46.0 Å². The Morgan fingerprint density at radius 1 is 1.25 bits per heavy atom. The number of amides is 1. The van der Waals surface area contributed by atoms with Gasteiger partial charge in [-0.05, 0) is 30.5 Å². The smallest absolute Gasteiger partial charge is 0.336 e. The van der Waals surface area contributed by atoms with Crippen LogP contribution in [0.2, 0.25) is 0 Å². The van der Waals surface area contributed by atoms with Crippen molar-refractivity contribution < 1.29 is 23.6 Å². The van der Waals surface area contributed by atoms with E-state index in [-0.39, 0.29) is 18.1 Å². The van der Waals surface area contributed by atoms with Gasteiger partial charge in [0.25, 0.3) is 5.91 Å². The summed E-state index contributed by atoms with van der Waals surface area (Å²) in [7, 11) is 0. The molecule has 2 N–H and O–H groups in total. The molecule has 1 aliphatic rings. The van der Waals surface area contributed by atoms with Crippen molar-refractivity contribution in [1.29, 1.82) is 0 Å². The highest BCUT2D eigenvalue weighted by atomic mass is 16.5. The van der Waals surface area contributed by atoms with Gasteiger partial charge in [0.2, 0.25) is 0 Å². The molecule has 0 aliphatic carbocycles. The van der Waals surface area contributed by atoms with Crippen molar-refractivity contribution in [3.63, 3.8) is 0 Å². The first-order valence-electron chi connectivity index (χ1n) is 10.0. The minimum atomic E-state index is -0.362. The van der Waals surface area contributed by atoms with Gasteiger partial charge in [-0.3, -0.25) is 4.79 Å². The molecule has 7 nitrogen and oxygen atoms in total. The normalized spacial score (nSPS) is 14.9. The topological polar surface area (TPSA) is 82.2 Å². The molecule has 0 bridgehead atoms. The molecule has 0 radical (unpaired) electrons. The van der Waals surface area contributed by atoms with Crippen LogP contribution in [0, 0.1) is 0 Å². The number of hydrogen-bond donors (Lipinski definition) is 2. The number of ether oxygens (including phenoxy) is 2. The SMILES string of the molecule is CCCCc1cc(=O)oc2cc(OCC(=O)NCC[NH+]3CCOCC3)ccc12. The Morgan fingerprint density at radius 2 is 2.07 bits per heavy atom. The van der Waals surface area contributed by atoms with Gasteiger partial charge in [-0.2, -0.15) is 0 Å². The van der Waals surface area contributed by atoms with Crippen LogP contribution in [0.3, 0.4) is 0 Å². The molecule has 1 aromatic heterocycles. The first-order chi connectivity index (χ1) is 13.7. The Labute approximate surface area is 164 Å². The Kier molecular flexibility index (Phi) is 7.45. The Bertz CT molecular complexity index is 842. The molecule has 1 aromatic carbocycles. The Balaban J connectivity index is 1.52. The zero-order valence-corrected chi connectivity index (χ0v) is 16.4. The molecule has 0 spiro atoms. The third-order valence-corrected chi connectivity index (χ3v) is 4.97. The van der Waals surface area contributed by atoms with Crippen LogP contribution in [0.5, 0.6) is 5.75 Å². The molecule has 1 fully saturated rings. The number of unbranched alkanes of at least 4 members (excludes halogenated alkanes) is 1. The highest BCUT2D eigenvalue weighted by Crippen LogP contribution is 2.23. The summed E-state index contributed by atoms with van der Waals surface area (Å²) in [6.45, 7) is 7.08. The monoisotopic (exact) mass is 389 g/mol. The number of hydrogen-bond acceptors (Lipinski definition) is 5. The van der Waals surface area contributed by atoms with Crippen molar-refractivity contribution in [1.82, 2.24) is 5.32 Å². The number of morpholine rings is 1.